The summed E-state index contributed by atoms with van der Waals surface area (Å²) in [4.78, 5) is 0. The Kier molecular flexibility index (Phi) is 5.86. The Morgan fingerprint density at radius 3 is 2.50 bits per heavy atom. The molecule has 0 radical (unpaired) electrons. The van der Waals surface area contributed by atoms with Crippen molar-refractivity contribution in [3.63, 3.8) is 0 Å². The fourth-order valence-electron chi connectivity index (χ4n) is 2.29. The molecule has 0 aliphatic rings. The van der Waals surface area contributed by atoms with Gasteiger partial charge >= 0.3 is 0 Å². The van der Waals surface area contributed by atoms with Gasteiger partial charge in [0, 0.05) is 17.1 Å². The van der Waals surface area contributed by atoms with Gasteiger partial charge in [-0.15, -0.1) is 0 Å². The quantitative estimate of drug-likeness (QED) is 0.736. The summed E-state index contributed by atoms with van der Waals surface area (Å²) >= 11 is 3.49. The van der Waals surface area contributed by atoms with Crippen molar-refractivity contribution in [1.29, 1.82) is 0 Å². The highest BCUT2D eigenvalue weighted by molar-refractivity contribution is 9.10. The summed E-state index contributed by atoms with van der Waals surface area (Å²) in [5.74, 6) is 0.936. The SMILES string of the molecule is CCC(CC)NCCOc1ccc2cc(Br)ccc2c1. The molecule has 2 aromatic carbocycles. The molecule has 0 aliphatic heterocycles. The van der Waals surface area contributed by atoms with E-state index < -0.39 is 0 Å². The third kappa shape index (κ3) is 4.22. The first-order valence-electron chi connectivity index (χ1n) is 7.28. The van der Waals surface area contributed by atoms with E-state index in [9.17, 15) is 0 Å². The molecule has 2 aromatic rings. The van der Waals surface area contributed by atoms with Crippen molar-refractivity contribution in [2.24, 2.45) is 0 Å². The minimum absolute atomic E-state index is 0.604. The van der Waals surface area contributed by atoms with Crippen molar-refractivity contribution in [3.8, 4) is 5.75 Å². The summed E-state index contributed by atoms with van der Waals surface area (Å²) < 4.78 is 6.91. The van der Waals surface area contributed by atoms with Crippen LogP contribution in [-0.4, -0.2) is 19.2 Å². The van der Waals surface area contributed by atoms with E-state index in [1.54, 1.807) is 0 Å². The monoisotopic (exact) mass is 335 g/mol. The van der Waals surface area contributed by atoms with E-state index in [1.165, 1.54) is 23.6 Å². The van der Waals surface area contributed by atoms with E-state index >= 15 is 0 Å². The van der Waals surface area contributed by atoms with Crippen LogP contribution in [0.2, 0.25) is 0 Å². The molecule has 0 bridgehead atoms. The van der Waals surface area contributed by atoms with Crippen LogP contribution in [0.5, 0.6) is 5.75 Å². The lowest BCUT2D eigenvalue weighted by Crippen LogP contribution is -2.31. The lowest BCUT2D eigenvalue weighted by molar-refractivity contribution is 0.302. The molecule has 0 unspecified atom stereocenters. The fraction of sp³-hybridized carbons (Fsp3) is 0.412. The molecule has 0 amide bonds. The summed E-state index contributed by atoms with van der Waals surface area (Å²) in [6.45, 7) is 6.02. The van der Waals surface area contributed by atoms with Crippen LogP contribution in [0.4, 0.5) is 0 Å². The van der Waals surface area contributed by atoms with Gasteiger partial charge in [-0.1, -0.05) is 41.9 Å². The van der Waals surface area contributed by atoms with Crippen molar-refractivity contribution in [3.05, 3.63) is 40.9 Å². The first-order chi connectivity index (χ1) is 9.72. The van der Waals surface area contributed by atoms with Gasteiger partial charge in [-0.3, -0.25) is 0 Å². The van der Waals surface area contributed by atoms with E-state index in [0.29, 0.717) is 12.6 Å². The van der Waals surface area contributed by atoms with E-state index in [2.05, 4.69) is 65.4 Å². The van der Waals surface area contributed by atoms with Crippen LogP contribution in [0.25, 0.3) is 10.8 Å². The third-order valence-corrected chi connectivity index (χ3v) is 4.06. The zero-order valence-electron chi connectivity index (χ0n) is 12.2. The van der Waals surface area contributed by atoms with E-state index in [0.717, 1.165) is 16.8 Å². The molecular formula is C17H22BrNO. The van der Waals surface area contributed by atoms with Crippen LogP contribution in [-0.2, 0) is 0 Å². The molecule has 0 atom stereocenters. The van der Waals surface area contributed by atoms with Crippen LogP contribution in [0.3, 0.4) is 0 Å². The van der Waals surface area contributed by atoms with Gasteiger partial charge in [-0.05, 0) is 47.9 Å². The number of rotatable bonds is 7. The number of nitrogens with one attached hydrogen (secondary N) is 1. The van der Waals surface area contributed by atoms with Crippen LogP contribution in [0, 0.1) is 0 Å². The van der Waals surface area contributed by atoms with Crippen molar-refractivity contribution in [2.75, 3.05) is 13.2 Å². The second kappa shape index (κ2) is 7.65. The highest BCUT2D eigenvalue weighted by Gasteiger charge is 2.02. The van der Waals surface area contributed by atoms with Gasteiger partial charge in [0.25, 0.3) is 0 Å². The maximum atomic E-state index is 5.81. The van der Waals surface area contributed by atoms with Crippen molar-refractivity contribution >= 4 is 26.7 Å². The van der Waals surface area contributed by atoms with E-state index in [4.69, 9.17) is 4.74 Å². The molecule has 2 rings (SSSR count). The molecule has 0 heterocycles. The molecule has 0 saturated heterocycles. The van der Waals surface area contributed by atoms with Gasteiger partial charge in [-0.25, -0.2) is 0 Å². The third-order valence-electron chi connectivity index (χ3n) is 3.56. The molecule has 0 saturated carbocycles. The van der Waals surface area contributed by atoms with Crippen molar-refractivity contribution in [2.45, 2.75) is 32.7 Å². The van der Waals surface area contributed by atoms with Gasteiger partial charge in [0.1, 0.15) is 12.4 Å². The Bertz CT molecular complexity index is 552. The lowest BCUT2D eigenvalue weighted by atomic mass is 10.1. The predicted molar refractivity (Wildman–Crippen MR) is 89.5 cm³/mol. The summed E-state index contributed by atoms with van der Waals surface area (Å²) in [6, 6.07) is 13.1. The predicted octanol–water partition coefficient (Wildman–Crippen LogP) is 4.76. The van der Waals surface area contributed by atoms with Gasteiger partial charge in [0.05, 0.1) is 0 Å². The fourth-order valence-corrected chi connectivity index (χ4v) is 2.67. The molecule has 0 aromatic heterocycles. The van der Waals surface area contributed by atoms with Crippen molar-refractivity contribution in [1.82, 2.24) is 5.32 Å². The largest absolute Gasteiger partial charge is 0.492 e. The average Bonchev–Trinajstić information content (AvgIpc) is 2.47. The zero-order valence-corrected chi connectivity index (χ0v) is 13.7. The minimum Gasteiger partial charge on any atom is -0.492 e. The van der Waals surface area contributed by atoms with Gasteiger partial charge in [0.15, 0.2) is 0 Å². The normalized spacial score (nSPS) is 11.2. The Morgan fingerprint density at radius 2 is 1.75 bits per heavy atom. The van der Waals surface area contributed by atoms with Crippen LogP contribution in [0.1, 0.15) is 26.7 Å². The second-order valence-corrected chi connectivity index (χ2v) is 5.88. The molecular weight excluding hydrogens is 314 g/mol. The number of fused-ring (bicyclic) bond motifs is 1. The number of halogens is 1. The molecule has 108 valence electrons. The first-order valence-corrected chi connectivity index (χ1v) is 8.07. The van der Waals surface area contributed by atoms with Gasteiger partial charge in [-0.2, -0.15) is 0 Å². The summed E-state index contributed by atoms with van der Waals surface area (Å²) in [6.07, 6.45) is 2.34. The molecule has 1 N–H and O–H groups in total. The Labute approximate surface area is 129 Å². The Balaban J connectivity index is 1.89. The van der Waals surface area contributed by atoms with Crippen LogP contribution >= 0.6 is 15.9 Å². The van der Waals surface area contributed by atoms with E-state index in [1.807, 2.05) is 6.07 Å². The van der Waals surface area contributed by atoms with Gasteiger partial charge < -0.3 is 10.1 Å². The molecule has 2 nitrogen and oxygen atoms in total. The lowest BCUT2D eigenvalue weighted by Gasteiger charge is -2.15. The Hall–Kier alpha value is -1.06. The standard InChI is InChI=1S/C17H22BrNO/c1-3-16(4-2)19-9-10-20-17-8-6-13-11-15(18)7-5-14(13)12-17/h5-8,11-12,16,19H,3-4,9-10H2,1-2H3. The highest BCUT2D eigenvalue weighted by Crippen LogP contribution is 2.23. The summed E-state index contributed by atoms with van der Waals surface area (Å²) in [5.41, 5.74) is 0. The smallest absolute Gasteiger partial charge is 0.120 e. The summed E-state index contributed by atoms with van der Waals surface area (Å²) in [5, 5.41) is 5.93. The van der Waals surface area contributed by atoms with E-state index in [-0.39, 0.29) is 0 Å². The maximum Gasteiger partial charge on any atom is 0.120 e. The average molecular weight is 336 g/mol. The second-order valence-electron chi connectivity index (χ2n) is 4.97. The number of ether oxygens (including phenoxy) is 1. The topological polar surface area (TPSA) is 21.3 Å². The maximum absolute atomic E-state index is 5.81. The van der Waals surface area contributed by atoms with Crippen LogP contribution in [0.15, 0.2) is 40.9 Å². The number of benzene rings is 2. The Morgan fingerprint density at radius 1 is 1.05 bits per heavy atom. The minimum atomic E-state index is 0.604. The number of hydrogen-bond donors (Lipinski definition) is 1. The molecule has 0 fully saturated rings. The first kappa shape index (κ1) is 15.3. The summed E-state index contributed by atoms with van der Waals surface area (Å²) in [7, 11) is 0. The van der Waals surface area contributed by atoms with Gasteiger partial charge in [0.2, 0.25) is 0 Å². The number of hydrogen-bond acceptors (Lipinski definition) is 2. The van der Waals surface area contributed by atoms with Crippen molar-refractivity contribution < 1.29 is 4.74 Å². The van der Waals surface area contributed by atoms with Crippen LogP contribution < -0.4 is 10.1 Å². The highest BCUT2D eigenvalue weighted by atomic mass is 79.9. The molecule has 0 aliphatic carbocycles. The molecule has 0 spiro atoms. The zero-order chi connectivity index (χ0) is 14.4. The molecule has 20 heavy (non-hydrogen) atoms. The molecule has 3 heteroatoms.